The van der Waals surface area contributed by atoms with Crippen LogP contribution in [0.4, 0.5) is 5.82 Å². The van der Waals surface area contributed by atoms with E-state index in [0.717, 1.165) is 58.2 Å². The minimum absolute atomic E-state index is 0.276. The molecule has 1 aromatic carbocycles. The molecule has 2 aromatic heterocycles. The molecule has 0 spiro atoms. The lowest BCUT2D eigenvalue weighted by Crippen LogP contribution is -2.19. The van der Waals surface area contributed by atoms with Crippen molar-refractivity contribution in [3.8, 4) is 11.1 Å². The van der Waals surface area contributed by atoms with Crippen LogP contribution in [0.5, 0.6) is 0 Å². The van der Waals surface area contributed by atoms with Gasteiger partial charge in [-0.1, -0.05) is 23.7 Å². The Morgan fingerprint density at radius 2 is 2.13 bits per heavy atom. The van der Waals surface area contributed by atoms with Crippen LogP contribution in [-0.4, -0.2) is 29.2 Å². The predicted octanol–water partition coefficient (Wildman–Crippen LogP) is 4.60. The summed E-state index contributed by atoms with van der Waals surface area (Å²) in [6, 6.07) is 7.87. The van der Waals surface area contributed by atoms with Crippen LogP contribution in [0.1, 0.15) is 12.8 Å². The van der Waals surface area contributed by atoms with E-state index >= 15 is 0 Å². The van der Waals surface area contributed by atoms with Crippen LogP contribution in [0.25, 0.3) is 21.3 Å². The van der Waals surface area contributed by atoms with Gasteiger partial charge in [0.15, 0.2) is 0 Å². The predicted molar refractivity (Wildman–Crippen MR) is 95.3 cm³/mol. The number of fused-ring (bicyclic) bond motifs is 1. The number of anilines is 1. The Morgan fingerprint density at radius 1 is 1.26 bits per heavy atom. The first kappa shape index (κ1) is 14.9. The van der Waals surface area contributed by atoms with Crippen molar-refractivity contribution in [3.63, 3.8) is 0 Å². The molecule has 0 amide bonds. The molecule has 0 radical (unpaired) electrons. The van der Waals surface area contributed by atoms with Gasteiger partial charge in [-0.05, 0) is 30.5 Å². The first-order valence-electron chi connectivity index (χ1n) is 7.65. The zero-order chi connectivity index (χ0) is 15.6. The van der Waals surface area contributed by atoms with Crippen LogP contribution in [0.15, 0.2) is 36.0 Å². The molecular formula is C17H16ClN3OS. The Labute approximate surface area is 143 Å². The fraction of sp³-hybridized carbons (Fsp3) is 0.294. The molecule has 6 heteroatoms. The molecule has 1 fully saturated rings. The van der Waals surface area contributed by atoms with Crippen molar-refractivity contribution in [2.24, 2.45) is 0 Å². The topological polar surface area (TPSA) is 47.0 Å². The van der Waals surface area contributed by atoms with E-state index in [1.807, 2.05) is 24.3 Å². The monoisotopic (exact) mass is 345 g/mol. The quantitative estimate of drug-likeness (QED) is 0.750. The summed E-state index contributed by atoms with van der Waals surface area (Å²) in [6.45, 7) is 1.64. The lowest BCUT2D eigenvalue weighted by Gasteiger charge is -2.12. The number of nitrogens with one attached hydrogen (secondary N) is 1. The molecule has 3 heterocycles. The lowest BCUT2D eigenvalue weighted by molar-refractivity contribution is 0.120. The minimum atomic E-state index is 0.276. The molecule has 1 aliphatic rings. The van der Waals surface area contributed by atoms with Crippen molar-refractivity contribution in [2.45, 2.75) is 18.9 Å². The molecule has 0 saturated carbocycles. The normalized spacial score (nSPS) is 17.7. The standard InChI is InChI=1S/C17H16ClN3OS/c18-12-5-3-11(4-6-12)14-9-23-17-15(14)16(20-10-21-17)19-8-13-2-1-7-22-13/h3-6,9-10,13H,1-2,7-8H2,(H,19,20,21)/t13-/m0/s1. The number of thiophene rings is 1. The number of benzene rings is 1. The molecule has 3 aromatic rings. The van der Waals surface area contributed by atoms with Crippen molar-refractivity contribution in [2.75, 3.05) is 18.5 Å². The minimum Gasteiger partial charge on any atom is -0.376 e. The van der Waals surface area contributed by atoms with Crippen molar-refractivity contribution >= 4 is 39.0 Å². The first-order valence-corrected chi connectivity index (χ1v) is 8.90. The second-order valence-corrected chi connectivity index (χ2v) is 6.87. The van der Waals surface area contributed by atoms with Crippen LogP contribution in [0.3, 0.4) is 0 Å². The highest BCUT2D eigenvalue weighted by Crippen LogP contribution is 2.36. The molecule has 23 heavy (non-hydrogen) atoms. The van der Waals surface area contributed by atoms with Crippen molar-refractivity contribution in [1.82, 2.24) is 9.97 Å². The molecule has 1 saturated heterocycles. The van der Waals surface area contributed by atoms with E-state index < -0.39 is 0 Å². The van der Waals surface area contributed by atoms with Crippen molar-refractivity contribution < 1.29 is 4.74 Å². The Morgan fingerprint density at radius 3 is 2.91 bits per heavy atom. The van der Waals surface area contributed by atoms with Gasteiger partial charge in [0.25, 0.3) is 0 Å². The van der Waals surface area contributed by atoms with Gasteiger partial charge in [-0.2, -0.15) is 0 Å². The van der Waals surface area contributed by atoms with Gasteiger partial charge < -0.3 is 10.1 Å². The van der Waals surface area contributed by atoms with Crippen LogP contribution >= 0.6 is 22.9 Å². The molecule has 0 unspecified atom stereocenters. The molecule has 118 valence electrons. The van der Waals surface area contributed by atoms with Crippen LogP contribution in [0.2, 0.25) is 5.02 Å². The van der Waals surface area contributed by atoms with Crippen LogP contribution in [0, 0.1) is 0 Å². The SMILES string of the molecule is Clc1ccc(-c2csc3ncnc(NC[C@@H]4CCCO4)c23)cc1. The zero-order valence-electron chi connectivity index (χ0n) is 12.5. The highest BCUT2D eigenvalue weighted by atomic mass is 35.5. The summed E-state index contributed by atoms with van der Waals surface area (Å²) < 4.78 is 5.68. The lowest BCUT2D eigenvalue weighted by atomic mass is 10.1. The van der Waals surface area contributed by atoms with Gasteiger partial charge in [0.05, 0.1) is 11.5 Å². The van der Waals surface area contributed by atoms with Crippen molar-refractivity contribution in [1.29, 1.82) is 0 Å². The summed E-state index contributed by atoms with van der Waals surface area (Å²) in [7, 11) is 0. The maximum absolute atomic E-state index is 6.00. The first-order chi connectivity index (χ1) is 11.3. The van der Waals surface area contributed by atoms with Crippen LogP contribution in [-0.2, 0) is 4.74 Å². The fourth-order valence-electron chi connectivity index (χ4n) is 2.87. The third-order valence-corrected chi connectivity index (χ3v) is 5.18. The maximum atomic E-state index is 6.00. The average Bonchev–Trinajstić information content (AvgIpc) is 3.23. The summed E-state index contributed by atoms with van der Waals surface area (Å²) >= 11 is 7.63. The Kier molecular flexibility index (Phi) is 4.16. The summed E-state index contributed by atoms with van der Waals surface area (Å²) in [5.41, 5.74) is 2.26. The van der Waals surface area contributed by atoms with Gasteiger partial charge in [-0.3, -0.25) is 0 Å². The van der Waals surface area contributed by atoms with Crippen molar-refractivity contribution in [3.05, 3.63) is 41.0 Å². The number of rotatable bonds is 4. The van der Waals surface area contributed by atoms with Gasteiger partial charge in [0.2, 0.25) is 0 Å². The Bertz CT molecular complexity index is 812. The molecular weight excluding hydrogens is 330 g/mol. The number of hydrogen-bond acceptors (Lipinski definition) is 5. The third-order valence-electron chi connectivity index (χ3n) is 4.05. The highest BCUT2D eigenvalue weighted by Gasteiger charge is 2.17. The Hall–Kier alpha value is -1.69. The molecule has 1 aliphatic heterocycles. The van der Waals surface area contributed by atoms with E-state index in [2.05, 4.69) is 20.7 Å². The Balaban J connectivity index is 1.69. The second kappa shape index (κ2) is 6.43. The smallest absolute Gasteiger partial charge is 0.138 e. The average molecular weight is 346 g/mol. The van der Waals surface area contributed by atoms with Gasteiger partial charge in [-0.25, -0.2) is 9.97 Å². The third kappa shape index (κ3) is 3.04. The van der Waals surface area contributed by atoms with E-state index in [1.54, 1.807) is 17.7 Å². The zero-order valence-corrected chi connectivity index (χ0v) is 14.0. The van der Waals surface area contributed by atoms with Gasteiger partial charge in [0, 0.05) is 29.1 Å². The maximum Gasteiger partial charge on any atom is 0.138 e. The number of aromatic nitrogens is 2. The number of ether oxygens (including phenoxy) is 1. The van der Waals surface area contributed by atoms with E-state index in [-0.39, 0.29) is 6.10 Å². The van der Waals surface area contributed by atoms with E-state index in [9.17, 15) is 0 Å². The summed E-state index contributed by atoms with van der Waals surface area (Å²) in [5, 5.41) is 7.37. The fourth-order valence-corrected chi connectivity index (χ4v) is 3.91. The van der Waals surface area contributed by atoms with E-state index in [1.165, 1.54) is 0 Å². The summed E-state index contributed by atoms with van der Waals surface area (Å²) in [5.74, 6) is 0.872. The number of halogens is 1. The number of hydrogen-bond donors (Lipinski definition) is 1. The summed E-state index contributed by atoms with van der Waals surface area (Å²) in [6.07, 6.45) is 4.13. The van der Waals surface area contributed by atoms with E-state index in [4.69, 9.17) is 16.3 Å². The second-order valence-electron chi connectivity index (χ2n) is 5.57. The highest BCUT2D eigenvalue weighted by molar-refractivity contribution is 7.17. The summed E-state index contributed by atoms with van der Waals surface area (Å²) in [4.78, 5) is 9.83. The number of nitrogens with zero attached hydrogens (tertiary/aromatic N) is 2. The van der Waals surface area contributed by atoms with Gasteiger partial charge in [-0.15, -0.1) is 11.3 Å². The molecule has 1 N–H and O–H groups in total. The molecule has 0 aliphatic carbocycles. The van der Waals surface area contributed by atoms with E-state index in [0.29, 0.717) is 0 Å². The van der Waals surface area contributed by atoms with Gasteiger partial charge >= 0.3 is 0 Å². The molecule has 4 rings (SSSR count). The van der Waals surface area contributed by atoms with Crippen LogP contribution < -0.4 is 5.32 Å². The largest absolute Gasteiger partial charge is 0.376 e. The molecule has 4 nitrogen and oxygen atoms in total. The molecule has 0 bridgehead atoms. The van der Waals surface area contributed by atoms with Gasteiger partial charge in [0.1, 0.15) is 17.0 Å². The molecule has 1 atom stereocenters.